The first kappa shape index (κ1) is 37.8. The summed E-state index contributed by atoms with van der Waals surface area (Å²) >= 11 is 0. The van der Waals surface area contributed by atoms with Crippen LogP contribution in [0.3, 0.4) is 0 Å². The monoisotopic (exact) mass is 540 g/mol. The molecule has 0 atom stereocenters. The Morgan fingerprint density at radius 3 is 1.87 bits per heavy atom. The molecule has 0 radical (unpaired) electrons. The Bertz CT molecular complexity index is 786. The number of aliphatic hydroxyl groups excluding tert-OH is 1. The van der Waals surface area contributed by atoms with Crippen LogP contribution in [-0.2, 0) is 6.18 Å². The molecule has 1 aliphatic carbocycles. The standard InChI is InChI=1S/C13H23NO.C8H8F3N.C7H14.C4H10/c1-5-9-14(10-6-2)12(7-3)11-13(15)8-4;1-5-2-3-7(12)6(4-5)8(9,10)11;1-7-5-3-2-4-6-7;1-3-4-2/h7-8,11,15H,3,5-6,9-10H2,1-2,4H3;2-4H,12H2,1H3;7H,2-6H2,1H3;3-4H2,1-2H3/b12-11+,13-8+;;;. The highest BCUT2D eigenvalue weighted by Crippen LogP contribution is 2.33. The third-order valence-electron chi connectivity index (χ3n) is 6.06. The Balaban J connectivity index is 0. The average Bonchev–Trinajstić information content (AvgIpc) is 2.89. The van der Waals surface area contributed by atoms with Gasteiger partial charge in [0.1, 0.15) is 5.76 Å². The number of unbranched alkanes of at least 4 members (excludes halogenated alkanes) is 1. The van der Waals surface area contributed by atoms with Crippen molar-refractivity contribution in [1.29, 1.82) is 0 Å². The number of allylic oxidation sites excluding steroid dienone is 3. The van der Waals surface area contributed by atoms with Gasteiger partial charge in [-0.1, -0.05) is 97.8 Å². The summed E-state index contributed by atoms with van der Waals surface area (Å²) in [5, 5.41) is 9.46. The number of benzene rings is 1. The molecule has 0 aliphatic heterocycles. The van der Waals surface area contributed by atoms with Crippen LogP contribution in [-0.4, -0.2) is 23.1 Å². The van der Waals surface area contributed by atoms with E-state index >= 15 is 0 Å². The molecule has 0 spiro atoms. The van der Waals surface area contributed by atoms with Crippen molar-refractivity contribution in [3.8, 4) is 0 Å². The molecule has 0 unspecified atom stereocenters. The molecule has 220 valence electrons. The van der Waals surface area contributed by atoms with Crippen molar-refractivity contribution < 1.29 is 18.3 Å². The smallest absolute Gasteiger partial charge is 0.418 e. The average molecular weight is 541 g/mol. The van der Waals surface area contributed by atoms with Crippen LogP contribution in [0.1, 0.15) is 110 Å². The molecular formula is C32H55F3N2O. The summed E-state index contributed by atoms with van der Waals surface area (Å²) in [5.74, 6) is 1.33. The molecule has 3 N–H and O–H groups in total. The van der Waals surface area contributed by atoms with Crippen molar-refractivity contribution >= 4 is 5.69 Å². The summed E-state index contributed by atoms with van der Waals surface area (Å²) in [6, 6.07) is 3.85. The molecule has 6 heteroatoms. The first-order chi connectivity index (χ1) is 17.9. The molecule has 0 aromatic heterocycles. The highest BCUT2D eigenvalue weighted by Gasteiger charge is 2.32. The lowest BCUT2D eigenvalue weighted by Gasteiger charge is -2.24. The van der Waals surface area contributed by atoms with E-state index < -0.39 is 11.7 Å². The maximum atomic E-state index is 12.1. The molecule has 0 saturated heterocycles. The number of nitrogens with zero attached hydrogens (tertiary/aromatic N) is 1. The fraction of sp³-hybridized carbons (Fsp3) is 0.625. The number of nitrogens with two attached hydrogens (primary N) is 1. The maximum Gasteiger partial charge on any atom is 0.418 e. The number of aliphatic hydroxyl groups is 1. The van der Waals surface area contributed by atoms with Gasteiger partial charge in [0.05, 0.1) is 5.56 Å². The highest BCUT2D eigenvalue weighted by atomic mass is 19.4. The number of halogens is 3. The third kappa shape index (κ3) is 18.8. The first-order valence-electron chi connectivity index (χ1n) is 14.3. The molecule has 3 nitrogen and oxygen atoms in total. The number of nitrogen functional groups attached to an aromatic ring is 1. The predicted molar refractivity (Wildman–Crippen MR) is 160 cm³/mol. The van der Waals surface area contributed by atoms with Crippen LogP contribution in [0, 0.1) is 12.8 Å². The van der Waals surface area contributed by atoms with E-state index in [1.54, 1.807) is 31.2 Å². The van der Waals surface area contributed by atoms with Crippen molar-refractivity contribution in [2.75, 3.05) is 18.8 Å². The van der Waals surface area contributed by atoms with Crippen LogP contribution in [0.15, 0.2) is 54.5 Å². The van der Waals surface area contributed by atoms with Gasteiger partial charge < -0.3 is 15.7 Å². The second-order valence-corrected chi connectivity index (χ2v) is 9.81. The third-order valence-corrected chi connectivity index (χ3v) is 6.06. The maximum absolute atomic E-state index is 12.1. The minimum atomic E-state index is -4.35. The van der Waals surface area contributed by atoms with Crippen LogP contribution in [0.5, 0.6) is 0 Å². The molecule has 38 heavy (non-hydrogen) atoms. The molecule has 1 aromatic rings. The van der Waals surface area contributed by atoms with Crippen LogP contribution >= 0.6 is 0 Å². The van der Waals surface area contributed by atoms with Gasteiger partial charge >= 0.3 is 6.18 Å². The minimum absolute atomic E-state index is 0.229. The van der Waals surface area contributed by atoms with Crippen molar-refractivity contribution in [3.05, 3.63) is 65.6 Å². The number of anilines is 1. The molecule has 1 aliphatic rings. The minimum Gasteiger partial charge on any atom is -0.508 e. The van der Waals surface area contributed by atoms with Crippen LogP contribution in [0.4, 0.5) is 18.9 Å². The molecule has 1 saturated carbocycles. The van der Waals surface area contributed by atoms with Crippen molar-refractivity contribution in [1.82, 2.24) is 4.90 Å². The number of hydrogen-bond acceptors (Lipinski definition) is 3. The highest BCUT2D eigenvalue weighted by molar-refractivity contribution is 5.49. The summed E-state index contributed by atoms with van der Waals surface area (Å²) in [6.07, 6.45) is 13.2. The fourth-order valence-electron chi connectivity index (χ4n) is 3.65. The van der Waals surface area contributed by atoms with Gasteiger partial charge in [0.15, 0.2) is 0 Å². The van der Waals surface area contributed by atoms with Gasteiger partial charge in [-0.15, -0.1) is 0 Å². The van der Waals surface area contributed by atoms with Crippen molar-refractivity contribution in [2.24, 2.45) is 5.92 Å². The van der Waals surface area contributed by atoms with Gasteiger partial charge in [-0.05, 0) is 56.9 Å². The normalized spacial score (nSPS) is 14.2. The predicted octanol–water partition coefficient (Wildman–Crippen LogP) is 10.6. The largest absolute Gasteiger partial charge is 0.508 e. The Hall–Kier alpha value is -2.37. The Morgan fingerprint density at radius 1 is 1.03 bits per heavy atom. The first-order valence-corrected chi connectivity index (χ1v) is 14.3. The summed E-state index contributed by atoms with van der Waals surface area (Å²) in [6.45, 7) is 20.2. The van der Waals surface area contributed by atoms with Crippen LogP contribution < -0.4 is 5.73 Å². The molecule has 1 fully saturated rings. The second-order valence-electron chi connectivity index (χ2n) is 9.81. The zero-order chi connectivity index (χ0) is 29.6. The van der Waals surface area contributed by atoms with E-state index in [0.29, 0.717) is 11.3 Å². The lowest BCUT2D eigenvalue weighted by atomic mass is 9.91. The van der Waals surface area contributed by atoms with E-state index in [1.807, 2.05) is 6.92 Å². The van der Waals surface area contributed by atoms with Gasteiger partial charge in [0.2, 0.25) is 0 Å². The van der Waals surface area contributed by atoms with Gasteiger partial charge in [-0.3, -0.25) is 0 Å². The second kappa shape index (κ2) is 22.6. The van der Waals surface area contributed by atoms with E-state index in [1.165, 1.54) is 51.0 Å². The number of alkyl halides is 3. The van der Waals surface area contributed by atoms with E-state index in [2.05, 4.69) is 46.1 Å². The van der Waals surface area contributed by atoms with Gasteiger partial charge in [-0.2, -0.15) is 13.2 Å². The van der Waals surface area contributed by atoms with Crippen LogP contribution in [0.2, 0.25) is 0 Å². The van der Waals surface area contributed by atoms with E-state index in [9.17, 15) is 18.3 Å². The summed E-state index contributed by atoms with van der Waals surface area (Å²) in [4.78, 5) is 2.24. The molecule has 1 aromatic carbocycles. The molecular weight excluding hydrogens is 485 g/mol. The zero-order valence-electron chi connectivity index (χ0n) is 25.1. The van der Waals surface area contributed by atoms with E-state index in [0.717, 1.165) is 43.6 Å². The quantitative estimate of drug-likeness (QED) is 0.196. The molecule has 0 amide bonds. The topological polar surface area (TPSA) is 49.5 Å². The number of rotatable bonds is 8. The van der Waals surface area contributed by atoms with Crippen molar-refractivity contribution in [2.45, 2.75) is 112 Å². The lowest BCUT2D eigenvalue weighted by Crippen LogP contribution is -2.24. The van der Waals surface area contributed by atoms with E-state index in [-0.39, 0.29) is 5.69 Å². The van der Waals surface area contributed by atoms with Gasteiger partial charge in [-0.25, -0.2) is 0 Å². The van der Waals surface area contributed by atoms with Crippen LogP contribution in [0.25, 0.3) is 0 Å². The summed E-state index contributed by atoms with van der Waals surface area (Å²) in [5.41, 5.74) is 5.71. The molecule has 2 rings (SSSR count). The molecule has 0 bridgehead atoms. The SMILES string of the molecule is C=C/C(=C\C(O)=C/C)N(CCC)CCC.CC1CCCCC1.CCCC.Cc1ccc(N)c(C(F)(F)F)c1. The molecule has 0 heterocycles. The van der Waals surface area contributed by atoms with Gasteiger partial charge in [0.25, 0.3) is 0 Å². The zero-order valence-corrected chi connectivity index (χ0v) is 25.1. The van der Waals surface area contributed by atoms with Crippen molar-refractivity contribution in [3.63, 3.8) is 0 Å². The van der Waals surface area contributed by atoms with E-state index in [4.69, 9.17) is 5.73 Å². The summed E-state index contributed by atoms with van der Waals surface area (Å²) in [7, 11) is 0. The number of hydrogen-bond donors (Lipinski definition) is 2. The fourth-order valence-corrected chi connectivity index (χ4v) is 3.65. The van der Waals surface area contributed by atoms with Gasteiger partial charge in [0, 0.05) is 30.5 Å². The Kier molecular flexibility index (Phi) is 22.5. The Morgan fingerprint density at radius 2 is 1.55 bits per heavy atom. The lowest BCUT2D eigenvalue weighted by molar-refractivity contribution is -0.136. The number of aryl methyl sites for hydroxylation is 1. The summed E-state index contributed by atoms with van der Waals surface area (Å²) < 4.78 is 36.4. The Labute approximate surface area is 231 Å².